The van der Waals surface area contributed by atoms with E-state index in [9.17, 15) is 4.79 Å². The molecule has 6 heteroatoms. The first-order valence-electron chi connectivity index (χ1n) is 7.65. The summed E-state index contributed by atoms with van der Waals surface area (Å²) in [5.41, 5.74) is 0.792. The minimum Gasteiger partial charge on any atom is -0.497 e. The molecule has 2 amide bonds. The van der Waals surface area contributed by atoms with Crippen LogP contribution in [-0.4, -0.2) is 81.2 Å². The molecule has 1 N–H and O–H groups in total. The molecule has 1 heterocycles. The molecule has 1 saturated heterocycles. The zero-order chi connectivity index (χ0) is 15.9. The maximum absolute atomic E-state index is 12.3. The van der Waals surface area contributed by atoms with E-state index < -0.39 is 0 Å². The number of likely N-dealkylation sites (N-methyl/N-ethyl adjacent to an activating group) is 1. The Bertz CT molecular complexity index is 468. The Hall–Kier alpha value is -1.79. The third-order valence-electron chi connectivity index (χ3n) is 3.86. The van der Waals surface area contributed by atoms with Crippen LogP contribution in [0.15, 0.2) is 24.3 Å². The number of hydrogen-bond donors (Lipinski definition) is 1. The van der Waals surface area contributed by atoms with Gasteiger partial charge >= 0.3 is 6.03 Å². The number of amides is 2. The highest BCUT2D eigenvalue weighted by atomic mass is 16.5. The van der Waals surface area contributed by atoms with E-state index in [2.05, 4.69) is 29.2 Å². The van der Waals surface area contributed by atoms with E-state index in [4.69, 9.17) is 4.74 Å². The van der Waals surface area contributed by atoms with Crippen LogP contribution in [0.3, 0.4) is 0 Å². The molecular formula is C16H26N4O2. The molecular weight excluding hydrogens is 280 g/mol. The van der Waals surface area contributed by atoms with E-state index >= 15 is 0 Å². The Balaban J connectivity index is 1.77. The molecule has 0 unspecified atom stereocenters. The van der Waals surface area contributed by atoms with Crippen LogP contribution < -0.4 is 10.1 Å². The number of anilines is 1. The van der Waals surface area contributed by atoms with Crippen molar-refractivity contribution in [3.8, 4) is 5.75 Å². The molecule has 0 atom stereocenters. The number of carbonyl (C=O) groups is 1. The second-order valence-electron chi connectivity index (χ2n) is 5.79. The van der Waals surface area contributed by atoms with Gasteiger partial charge in [-0.2, -0.15) is 0 Å². The number of methoxy groups -OCH3 is 1. The molecule has 1 aromatic rings. The Morgan fingerprint density at radius 2 is 1.82 bits per heavy atom. The van der Waals surface area contributed by atoms with Gasteiger partial charge in [0.15, 0.2) is 0 Å². The van der Waals surface area contributed by atoms with Crippen LogP contribution >= 0.6 is 0 Å². The van der Waals surface area contributed by atoms with Gasteiger partial charge < -0.3 is 19.9 Å². The van der Waals surface area contributed by atoms with Gasteiger partial charge in [-0.3, -0.25) is 4.90 Å². The molecule has 0 aromatic heterocycles. The summed E-state index contributed by atoms with van der Waals surface area (Å²) in [5.74, 6) is 0.785. The maximum atomic E-state index is 12.3. The summed E-state index contributed by atoms with van der Waals surface area (Å²) >= 11 is 0. The molecule has 0 radical (unpaired) electrons. The molecule has 22 heavy (non-hydrogen) atoms. The largest absolute Gasteiger partial charge is 0.497 e. The number of hydrogen-bond acceptors (Lipinski definition) is 4. The summed E-state index contributed by atoms with van der Waals surface area (Å²) in [6, 6.07) is 7.36. The van der Waals surface area contributed by atoms with Gasteiger partial charge in [0.25, 0.3) is 0 Å². The average Bonchev–Trinajstić information content (AvgIpc) is 2.54. The van der Waals surface area contributed by atoms with E-state index in [-0.39, 0.29) is 6.03 Å². The lowest BCUT2D eigenvalue weighted by atomic mass is 10.3. The van der Waals surface area contributed by atoms with E-state index in [1.807, 2.05) is 29.2 Å². The Labute approximate surface area is 132 Å². The fourth-order valence-corrected chi connectivity index (χ4v) is 2.39. The SMILES string of the molecule is COc1ccc(NC(=O)N2CCN(CCN(C)C)CC2)cc1. The number of nitrogens with one attached hydrogen (secondary N) is 1. The quantitative estimate of drug-likeness (QED) is 0.893. The average molecular weight is 306 g/mol. The first kappa shape index (κ1) is 16.6. The second-order valence-corrected chi connectivity index (χ2v) is 5.79. The van der Waals surface area contributed by atoms with Crippen LogP contribution in [0.1, 0.15) is 0 Å². The van der Waals surface area contributed by atoms with Crippen molar-refractivity contribution >= 4 is 11.7 Å². The zero-order valence-electron chi connectivity index (χ0n) is 13.7. The predicted molar refractivity (Wildman–Crippen MR) is 88.6 cm³/mol. The van der Waals surface area contributed by atoms with E-state index in [1.54, 1.807) is 7.11 Å². The molecule has 1 aliphatic heterocycles. The lowest BCUT2D eigenvalue weighted by Crippen LogP contribution is -2.51. The van der Waals surface area contributed by atoms with E-state index in [0.29, 0.717) is 0 Å². The molecule has 0 spiro atoms. The number of rotatable bonds is 5. The van der Waals surface area contributed by atoms with E-state index in [1.165, 1.54) is 0 Å². The highest BCUT2D eigenvalue weighted by molar-refractivity contribution is 5.89. The summed E-state index contributed by atoms with van der Waals surface area (Å²) in [6.45, 7) is 5.53. The van der Waals surface area contributed by atoms with Gasteiger partial charge in [-0.1, -0.05) is 0 Å². The van der Waals surface area contributed by atoms with Gasteiger partial charge in [0.1, 0.15) is 5.75 Å². The third kappa shape index (κ3) is 4.89. The number of benzene rings is 1. The van der Waals surface area contributed by atoms with Crippen LogP contribution in [0.2, 0.25) is 0 Å². The predicted octanol–water partition coefficient (Wildman–Crippen LogP) is 1.41. The van der Waals surface area contributed by atoms with Crippen molar-refractivity contribution in [2.24, 2.45) is 0 Å². The van der Waals surface area contributed by atoms with Gasteiger partial charge in [-0.25, -0.2) is 4.79 Å². The van der Waals surface area contributed by atoms with Gasteiger partial charge in [-0.05, 0) is 38.4 Å². The lowest BCUT2D eigenvalue weighted by Gasteiger charge is -2.35. The number of piperazine rings is 1. The summed E-state index contributed by atoms with van der Waals surface area (Å²) in [5, 5.41) is 2.93. The first-order valence-corrected chi connectivity index (χ1v) is 7.65. The molecule has 1 fully saturated rings. The van der Waals surface area contributed by atoms with E-state index in [0.717, 1.165) is 50.7 Å². The molecule has 2 rings (SSSR count). The summed E-state index contributed by atoms with van der Waals surface area (Å²) in [6.07, 6.45) is 0. The monoisotopic (exact) mass is 306 g/mol. The lowest BCUT2D eigenvalue weighted by molar-refractivity contribution is 0.140. The van der Waals surface area contributed by atoms with Crippen LogP contribution in [0.5, 0.6) is 5.75 Å². The van der Waals surface area contributed by atoms with Gasteiger partial charge in [0.2, 0.25) is 0 Å². The molecule has 1 aromatic carbocycles. The van der Waals surface area contributed by atoms with Crippen molar-refractivity contribution in [1.29, 1.82) is 0 Å². The molecule has 0 bridgehead atoms. The van der Waals surface area contributed by atoms with Crippen LogP contribution in [0.25, 0.3) is 0 Å². The minimum atomic E-state index is -0.0302. The second kappa shape index (κ2) is 8.00. The molecule has 6 nitrogen and oxygen atoms in total. The van der Waals surface area contributed by atoms with Crippen LogP contribution in [0, 0.1) is 0 Å². The molecule has 0 saturated carbocycles. The standard InChI is InChI=1S/C16H26N4O2/c1-18(2)8-9-19-10-12-20(13-11-19)16(21)17-14-4-6-15(22-3)7-5-14/h4-7H,8-13H2,1-3H3,(H,17,21). The van der Waals surface area contributed by atoms with Crippen molar-refractivity contribution < 1.29 is 9.53 Å². The zero-order valence-corrected chi connectivity index (χ0v) is 13.7. The Kier molecular flexibility index (Phi) is 6.03. The summed E-state index contributed by atoms with van der Waals surface area (Å²) < 4.78 is 5.11. The van der Waals surface area contributed by atoms with Gasteiger partial charge in [-0.15, -0.1) is 0 Å². The van der Waals surface area contributed by atoms with Crippen molar-refractivity contribution in [3.05, 3.63) is 24.3 Å². The van der Waals surface area contributed by atoms with Crippen molar-refractivity contribution in [2.45, 2.75) is 0 Å². The third-order valence-corrected chi connectivity index (χ3v) is 3.86. The fraction of sp³-hybridized carbons (Fsp3) is 0.562. The minimum absolute atomic E-state index is 0.0302. The normalized spacial score (nSPS) is 15.9. The number of urea groups is 1. The number of nitrogens with zero attached hydrogens (tertiary/aromatic N) is 3. The first-order chi connectivity index (χ1) is 10.6. The van der Waals surface area contributed by atoms with Crippen molar-refractivity contribution in [2.75, 3.05) is 65.8 Å². The molecule has 122 valence electrons. The molecule has 0 aliphatic carbocycles. The van der Waals surface area contributed by atoms with Crippen molar-refractivity contribution in [1.82, 2.24) is 14.7 Å². The Morgan fingerprint density at radius 3 is 2.36 bits per heavy atom. The number of ether oxygens (including phenoxy) is 1. The van der Waals surface area contributed by atoms with Crippen LogP contribution in [-0.2, 0) is 0 Å². The highest BCUT2D eigenvalue weighted by Gasteiger charge is 2.20. The highest BCUT2D eigenvalue weighted by Crippen LogP contribution is 2.15. The fourth-order valence-electron chi connectivity index (χ4n) is 2.39. The summed E-state index contributed by atoms with van der Waals surface area (Å²) in [7, 11) is 5.79. The molecule has 1 aliphatic rings. The maximum Gasteiger partial charge on any atom is 0.321 e. The topological polar surface area (TPSA) is 48.1 Å². The smallest absolute Gasteiger partial charge is 0.321 e. The summed E-state index contributed by atoms with van der Waals surface area (Å²) in [4.78, 5) is 18.7. The van der Waals surface area contributed by atoms with Gasteiger partial charge in [0.05, 0.1) is 7.11 Å². The van der Waals surface area contributed by atoms with Crippen molar-refractivity contribution in [3.63, 3.8) is 0 Å². The number of carbonyl (C=O) groups excluding carboxylic acids is 1. The Morgan fingerprint density at radius 1 is 1.18 bits per heavy atom. The van der Waals surface area contributed by atoms with Gasteiger partial charge in [0, 0.05) is 45.0 Å². The van der Waals surface area contributed by atoms with Crippen LogP contribution in [0.4, 0.5) is 10.5 Å².